The van der Waals surface area contributed by atoms with Crippen LogP contribution in [0.1, 0.15) is 37.0 Å². The summed E-state index contributed by atoms with van der Waals surface area (Å²) in [5.41, 5.74) is 0. The number of carbonyl (C=O) groups is 1. The van der Waals surface area contributed by atoms with Gasteiger partial charge in [-0.1, -0.05) is 6.42 Å². The van der Waals surface area contributed by atoms with Gasteiger partial charge in [-0.25, -0.2) is 8.42 Å². The number of hydrogen-bond donors (Lipinski definition) is 2. The third-order valence-electron chi connectivity index (χ3n) is 4.59. The van der Waals surface area contributed by atoms with Crippen LogP contribution in [0.25, 0.3) is 0 Å². The standard InChI is InChI=1S/C16H25N3O3S2.ClH/c20-16(14-5-4-9-17-14)18-10-8-13-6-7-15(23-13)24(21,22)19-11-2-1-3-12-19;/h6-7,14,17H,1-5,8-12H2,(H,18,20);1H. The van der Waals surface area contributed by atoms with Crippen molar-refractivity contribution in [2.75, 3.05) is 26.2 Å². The first-order valence-corrected chi connectivity index (χ1v) is 10.9. The molecular weight excluding hydrogens is 382 g/mol. The maximum absolute atomic E-state index is 12.6. The fourth-order valence-corrected chi connectivity index (χ4v) is 6.23. The number of nitrogens with zero attached hydrogens (tertiary/aromatic N) is 1. The van der Waals surface area contributed by atoms with Crippen LogP contribution in [0.2, 0.25) is 0 Å². The maximum Gasteiger partial charge on any atom is 0.252 e. The average Bonchev–Trinajstić information content (AvgIpc) is 3.28. The van der Waals surface area contributed by atoms with E-state index in [9.17, 15) is 13.2 Å². The number of halogens is 1. The zero-order chi connectivity index (χ0) is 17.0. The van der Waals surface area contributed by atoms with Crippen LogP contribution in [0, 0.1) is 0 Å². The van der Waals surface area contributed by atoms with Gasteiger partial charge in [-0.05, 0) is 50.8 Å². The van der Waals surface area contributed by atoms with Crippen LogP contribution in [0.3, 0.4) is 0 Å². The number of hydrogen-bond acceptors (Lipinski definition) is 5. The predicted molar refractivity (Wildman–Crippen MR) is 102 cm³/mol. The molecule has 0 bridgehead atoms. The Kier molecular flexibility index (Phi) is 7.69. The van der Waals surface area contributed by atoms with Gasteiger partial charge in [0.15, 0.2) is 0 Å². The van der Waals surface area contributed by atoms with E-state index >= 15 is 0 Å². The molecule has 1 aromatic rings. The minimum Gasteiger partial charge on any atom is -0.354 e. The fraction of sp³-hybridized carbons (Fsp3) is 0.688. The lowest BCUT2D eigenvalue weighted by molar-refractivity contribution is -0.122. The van der Waals surface area contributed by atoms with E-state index in [0.717, 1.165) is 43.5 Å². The molecule has 2 fully saturated rings. The summed E-state index contributed by atoms with van der Waals surface area (Å²) in [7, 11) is -3.34. The molecule has 25 heavy (non-hydrogen) atoms. The number of carbonyl (C=O) groups excluding carboxylic acids is 1. The smallest absolute Gasteiger partial charge is 0.252 e. The molecule has 0 spiro atoms. The van der Waals surface area contributed by atoms with Crippen LogP contribution < -0.4 is 10.6 Å². The Labute approximate surface area is 159 Å². The van der Waals surface area contributed by atoms with E-state index in [2.05, 4.69) is 10.6 Å². The molecule has 0 saturated carbocycles. The molecule has 1 amide bonds. The van der Waals surface area contributed by atoms with Crippen molar-refractivity contribution >= 4 is 39.7 Å². The summed E-state index contributed by atoms with van der Waals surface area (Å²) in [4.78, 5) is 12.9. The van der Waals surface area contributed by atoms with Crippen LogP contribution in [-0.4, -0.2) is 50.9 Å². The zero-order valence-corrected chi connectivity index (χ0v) is 16.6. The van der Waals surface area contributed by atoms with Crippen LogP contribution in [-0.2, 0) is 21.2 Å². The van der Waals surface area contributed by atoms with Gasteiger partial charge in [0.25, 0.3) is 10.0 Å². The summed E-state index contributed by atoms with van der Waals surface area (Å²) < 4.78 is 27.2. The van der Waals surface area contributed by atoms with Crippen molar-refractivity contribution in [3.8, 4) is 0 Å². The quantitative estimate of drug-likeness (QED) is 0.753. The average molecular weight is 408 g/mol. The Morgan fingerprint density at radius 2 is 2.00 bits per heavy atom. The van der Waals surface area contributed by atoms with Crippen molar-refractivity contribution in [1.29, 1.82) is 0 Å². The Bertz CT molecular complexity index is 666. The van der Waals surface area contributed by atoms with Crippen molar-refractivity contribution in [2.45, 2.75) is 48.8 Å². The van der Waals surface area contributed by atoms with E-state index in [1.165, 1.54) is 11.3 Å². The SMILES string of the molecule is Cl.O=C(NCCc1ccc(S(=O)(=O)N2CCCCC2)s1)C1CCCN1. The first-order valence-electron chi connectivity index (χ1n) is 8.67. The van der Waals surface area contributed by atoms with E-state index in [1.54, 1.807) is 10.4 Å². The van der Waals surface area contributed by atoms with Gasteiger partial charge >= 0.3 is 0 Å². The van der Waals surface area contributed by atoms with Crippen molar-refractivity contribution in [3.63, 3.8) is 0 Å². The zero-order valence-electron chi connectivity index (χ0n) is 14.2. The molecular formula is C16H26ClN3O3S2. The lowest BCUT2D eigenvalue weighted by Gasteiger charge is -2.25. The Morgan fingerprint density at radius 1 is 1.24 bits per heavy atom. The molecule has 9 heteroatoms. The van der Waals surface area contributed by atoms with Crippen molar-refractivity contribution in [2.24, 2.45) is 0 Å². The highest BCUT2D eigenvalue weighted by molar-refractivity contribution is 7.91. The Hall–Kier alpha value is -0.670. The molecule has 3 rings (SSSR count). The third kappa shape index (κ3) is 5.17. The Morgan fingerprint density at radius 3 is 2.68 bits per heavy atom. The number of piperidine rings is 1. The van der Waals surface area contributed by atoms with E-state index in [4.69, 9.17) is 0 Å². The first kappa shape index (κ1) is 20.6. The van der Waals surface area contributed by atoms with Crippen molar-refractivity contribution in [1.82, 2.24) is 14.9 Å². The van der Waals surface area contributed by atoms with Gasteiger partial charge in [-0.3, -0.25) is 4.79 Å². The third-order valence-corrected chi connectivity index (χ3v) is 8.10. The van der Waals surface area contributed by atoms with Crippen molar-refractivity contribution < 1.29 is 13.2 Å². The van der Waals surface area contributed by atoms with Crippen LogP contribution >= 0.6 is 23.7 Å². The molecule has 3 heterocycles. The lowest BCUT2D eigenvalue weighted by atomic mass is 10.2. The van der Waals surface area contributed by atoms with Gasteiger partial charge in [0.05, 0.1) is 6.04 Å². The highest BCUT2D eigenvalue weighted by atomic mass is 35.5. The number of rotatable bonds is 6. The lowest BCUT2D eigenvalue weighted by Crippen LogP contribution is -2.41. The van der Waals surface area contributed by atoms with Gasteiger partial charge in [0.1, 0.15) is 4.21 Å². The summed E-state index contributed by atoms with van der Waals surface area (Å²) in [6.45, 7) is 2.70. The molecule has 0 radical (unpaired) electrons. The molecule has 2 N–H and O–H groups in total. The summed E-state index contributed by atoms with van der Waals surface area (Å²) in [6.07, 6.45) is 5.59. The molecule has 2 aliphatic rings. The molecule has 1 atom stereocenters. The van der Waals surface area contributed by atoms with E-state index in [0.29, 0.717) is 30.3 Å². The number of amides is 1. The minimum atomic E-state index is -3.34. The predicted octanol–water partition coefficient (Wildman–Crippen LogP) is 1.76. The molecule has 1 unspecified atom stereocenters. The molecule has 2 aliphatic heterocycles. The Balaban J connectivity index is 0.00000225. The summed E-state index contributed by atoms with van der Waals surface area (Å²) >= 11 is 1.32. The van der Waals surface area contributed by atoms with E-state index in [1.807, 2.05) is 6.07 Å². The minimum absolute atomic E-state index is 0. The first-order chi connectivity index (χ1) is 11.6. The molecule has 2 saturated heterocycles. The highest BCUT2D eigenvalue weighted by Gasteiger charge is 2.27. The molecule has 0 aliphatic carbocycles. The second kappa shape index (κ2) is 9.32. The van der Waals surface area contributed by atoms with Crippen molar-refractivity contribution in [3.05, 3.63) is 17.0 Å². The van der Waals surface area contributed by atoms with E-state index < -0.39 is 10.0 Å². The highest BCUT2D eigenvalue weighted by Crippen LogP contribution is 2.27. The summed E-state index contributed by atoms with van der Waals surface area (Å²) in [5.74, 6) is 0.0465. The number of nitrogens with one attached hydrogen (secondary N) is 2. The van der Waals surface area contributed by atoms with Gasteiger partial charge in [0, 0.05) is 24.5 Å². The van der Waals surface area contributed by atoms with Crippen LogP contribution in [0.15, 0.2) is 16.3 Å². The van der Waals surface area contributed by atoms with Gasteiger partial charge in [-0.2, -0.15) is 4.31 Å². The monoisotopic (exact) mass is 407 g/mol. The normalized spacial score (nSPS) is 21.7. The summed E-state index contributed by atoms with van der Waals surface area (Å²) in [5, 5.41) is 6.10. The topological polar surface area (TPSA) is 78.5 Å². The largest absolute Gasteiger partial charge is 0.354 e. The van der Waals surface area contributed by atoms with E-state index in [-0.39, 0.29) is 24.4 Å². The summed E-state index contributed by atoms with van der Waals surface area (Å²) in [6, 6.07) is 3.49. The van der Waals surface area contributed by atoms with Gasteiger partial charge in [0.2, 0.25) is 5.91 Å². The van der Waals surface area contributed by atoms with Gasteiger partial charge < -0.3 is 10.6 Å². The second-order valence-electron chi connectivity index (χ2n) is 6.38. The molecule has 1 aromatic heterocycles. The molecule has 142 valence electrons. The number of sulfonamides is 1. The molecule has 6 nitrogen and oxygen atoms in total. The molecule has 0 aromatic carbocycles. The number of thiophene rings is 1. The second-order valence-corrected chi connectivity index (χ2v) is 9.71. The van der Waals surface area contributed by atoms with Gasteiger partial charge in [-0.15, -0.1) is 23.7 Å². The maximum atomic E-state index is 12.6. The fourth-order valence-electron chi connectivity index (χ4n) is 3.20. The van der Waals surface area contributed by atoms with Crippen LogP contribution in [0.5, 0.6) is 0 Å². The van der Waals surface area contributed by atoms with Crippen LogP contribution in [0.4, 0.5) is 0 Å².